The molecule has 2 heterocycles. The predicted octanol–water partition coefficient (Wildman–Crippen LogP) is 3.81. The lowest BCUT2D eigenvalue weighted by Gasteiger charge is -2.13. The molecule has 2 aromatic carbocycles. The van der Waals surface area contributed by atoms with Crippen molar-refractivity contribution in [1.29, 1.82) is 0 Å². The van der Waals surface area contributed by atoms with Crippen LogP contribution >= 0.6 is 0 Å². The zero-order valence-corrected chi connectivity index (χ0v) is 14.7. The van der Waals surface area contributed by atoms with Gasteiger partial charge in [0.05, 0.1) is 34.9 Å². The molecule has 0 fully saturated rings. The second-order valence-corrected chi connectivity index (χ2v) is 6.14. The van der Waals surface area contributed by atoms with Crippen LogP contribution in [-0.4, -0.2) is 24.7 Å². The van der Waals surface area contributed by atoms with Crippen LogP contribution in [0.3, 0.4) is 0 Å². The summed E-state index contributed by atoms with van der Waals surface area (Å²) in [6.45, 7) is 0. The molecular weight excluding hydrogens is 385 g/mol. The van der Waals surface area contributed by atoms with Crippen molar-refractivity contribution in [2.75, 3.05) is 0 Å². The van der Waals surface area contributed by atoms with Gasteiger partial charge in [-0.1, -0.05) is 24.3 Å². The fourth-order valence-corrected chi connectivity index (χ4v) is 2.89. The van der Waals surface area contributed by atoms with Crippen LogP contribution in [0, 0.1) is 0 Å². The highest BCUT2D eigenvalue weighted by Crippen LogP contribution is 2.31. The molecule has 6 nitrogen and oxygen atoms in total. The van der Waals surface area contributed by atoms with E-state index in [0.717, 1.165) is 22.9 Å². The van der Waals surface area contributed by atoms with Crippen molar-refractivity contribution in [3.8, 4) is 28.6 Å². The Hall–Kier alpha value is -3.88. The van der Waals surface area contributed by atoms with E-state index in [0.29, 0.717) is 11.4 Å². The highest BCUT2D eigenvalue weighted by molar-refractivity contribution is 5.58. The SMILES string of the molecule is O=c1cc(O)n(-c2cccc(C(F)(F)F)c2)nc1-c1ccnn1-c1ccccc1. The molecule has 0 spiro atoms. The van der Waals surface area contributed by atoms with Crippen molar-refractivity contribution in [2.24, 2.45) is 0 Å². The lowest BCUT2D eigenvalue weighted by atomic mass is 10.2. The van der Waals surface area contributed by atoms with E-state index >= 15 is 0 Å². The number of para-hydroxylation sites is 1. The highest BCUT2D eigenvalue weighted by atomic mass is 19.4. The van der Waals surface area contributed by atoms with Crippen molar-refractivity contribution in [2.45, 2.75) is 6.18 Å². The van der Waals surface area contributed by atoms with Crippen molar-refractivity contribution in [1.82, 2.24) is 19.6 Å². The number of nitrogens with zero attached hydrogens (tertiary/aromatic N) is 4. The molecule has 0 aliphatic carbocycles. The normalized spacial score (nSPS) is 11.6. The number of hydrogen-bond donors (Lipinski definition) is 1. The Morgan fingerprint density at radius 2 is 1.59 bits per heavy atom. The molecule has 0 saturated heterocycles. The fraction of sp³-hybridized carbons (Fsp3) is 0.0500. The van der Waals surface area contributed by atoms with Gasteiger partial charge in [-0.25, -0.2) is 9.36 Å². The summed E-state index contributed by atoms with van der Waals surface area (Å²) in [5.74, 6) is -0.580. The molecule has 29 heavy (non-hydrogen) atoms. The Morgan fingerprint density at radius 1 is 0.862 bits per heavy atom. The van der Waals surface area contributed by atoms with Gasteiger partial charge in [-0.3, -0.25) is 4.79 Å². The lowest BCUT2D eigenvalue weighted by molar-refractivity contribution is -0.137. The summed E-state index contributed by atoms with van der Waals surface area (Å²) in [6, 6.07) is 15.8. The molecule has 4 aromatic rings. The average Bonchev–Trinajstić information content (AvgIpc) is 3.18. The van der Waals surface area contributed by atoms with Gasteiger partial charge in [0.1, 0.15) is 0 Å². The van der Waals surface area contributed by atoms with Crippen molar-refractivity contribution in [3.05, 3.63) is 88.7 Å². The Balaban J connectivity index is 1.88. The first-order chi connectivity index (χ1) is 13.8. The van der Waals surface area contributed by atoms with Gasteiger partial charge < -0.3 is 5.11 Å². The maximum absolute atomic E-state index is 13.0. The van der Waals surface area contributed by atoms with Crippen LogP contribution in [0.5, 0.6) is 5.88 Å². The molecule has 2 aromatic heterocycles. The number of hydrogen-bond acceptors (Lipinski definition) is 4. The minimum atomic E-state index is -4.56. The molecule has 0 radical (unpaired) electrons. The minimum absolute atomic E-state index is 0.0376. The van der Waals surface area contributed by atoms with Crippen LogP contribution in [0.1, 0.15) is 5.56 Å². The average molecular weight is 398 g/mol. The van der Waals surface area contributed by atoms with Gasteiger partial charge in [0, 0.05) is 0 Å². The summed E-state index contributed by atoms with van der Waals surface area (Å²) in [4.78, 5) is 12.5. The zero-order valence-electron chi connectivity index (χ0n) is 14.7. The molecule has 0 bridgehead atoms. The summed E-state index contributed by atoms with van der Waals surface area (Å²) >= 11 is 0. The van der Waals surface area contributed by atoms with Gasteiger partial charge in [-0.05, 0) is 36.4 Å². The van der Waals surface area contributed by atoms with E-state index in [1.54, 1.807) is 30.3 Å². The minimum Gasteiger partial charge on any atom is -0.493 e. The van der Waals surface area contributed by atoms with Crippen molar-refractivity contribution < 1.29 is 18.3 Å². The quantitative estimate of drug-likeness (QED) is 0.570. The summed E-state index contributed by atoms with van der Waals surface area (Å²) in [7, 11) is 0. The largest absolute Gasteiger partial charge is 0.493 e. The Morgan fingerprint density at radius 3 is 2.31 bits per heavy atom. The van der Waals surface area contributed by atoms with Gasteiger partial charge in [-0.2, -0.15) is 23.4 Å². The van der Waals surface area contributed by atoms with Gasteiger partial charge in [0.25, 0.3) is 0 Å². The molecule has 9 heteroatoms. The summed E-state index contributed by atoms with van der Waals surface area (Å²) in [5.41, 5.74) is -0.588. The van der Waals surface area contributed by atoms with E-state index in [2.05, 4.69) is 10.2 Å². The van der Waals surface area contributed by atoms with E-state index in [4.69, 9.17) is 0 Å². The lowest BCUT2D eigenvalue weighted by Crippen LogP contribution is -2.16. The van der Waals surface area contributed by atoms with Gasteiger partial charge >= 0.3 is 6.18 Å². The smallest absolute Gasteiger partial charge is 0.416 e. The van der Waals surface area contributed by atoms with E-state index < -0.39 is 23.0 Å². The maximum Gasteiger partial charge on any atom is 0.416 e. The van der Waals surface area contributed by atoms with E-state index in [1.165, 1.54) is 23.0 Å². The Bertz CT molecular complexity index is 1230. The first-order valence-electron chi connectivity index (χ1n) is 8.45. The second-order valence-electron chi connectivity index (χ2n) is 6.14. The van der Waals surface area contributed by atoms with Crippen LogP contribution in [0.25, 0.3) is 22.8 Å². The fourth-order valence-electron chi connectivity index (χ4n) is 2.89. The van der Waals surface area contributed by atoms with Crippen LogP contribution in [0.2, 0.25) is 0 Å². The summed E-state index contributed by atoms with van der Waals surface area (Å²) in [5, 5.41) is 18.5. The summed E-state index contributed by atoms with van der Waals surface area (Å²) in [6.07, 6.45) is -3.08. The number of aromatic hydroxyl groups is 1. The van der Waals surface area contributed by atoms with Crippen LogP contribution in [0.4, 0.5) is 13.2 Å². The van der Waals surface area contributed by atoms with E-state index in [1.807, 2.05) is 6.07 Å². The molecule has 0 aliphatic rings. The van der Waals surface area contributed by atoms with Crippen LogP contribution in [0.15, 0.2) is 77.7 Å². The maximum atomic E-state index is 13.0. The topological polar surface area (TPSA) is 72.9 Å². The molecule has 1 N–H and O–H groups in total. The first kappa shape index (κ1) is 18.5. The zero-order chi connectivity index (χ0) is 20.6. The third-order valence-electron chi connectivity index (χ3n) is 4.21. The highest BCUT2D eigenvalue weighted by Gasteiger charge is 2.30. The summed E-state index contributed by atoms with van der Waals surface area (Å²) < 4.78 is 41.5. The van der Waals surface area contributed by atoms with Crippen LogP contribution in [-0.2, 0) is 6.18 Å². The molecule has 4 rings (SSSR count). The molecule has 0 unspecified atom stereocenters. The number of benzene rings is 2. The standard InChI is InChI=1S/C20H13F3N4O2/c21-20(22,23)13-5-4-8-15(11-13)27-18(29)12-17(28)19(25-27)16-9-10-24-26(16)14-6-2-1-3-7-14/h1-12,29H. The van der Waals surface area contributed by atoms with E-state index in [9.17, 15) is 23.1 Å². The molecule has 0 aliphatic heterocycles. The van der Waals surface area contributed by atoms with E-state index in [-0.39, 0.29) is 11.4 Å². The Kier molecular flexibility index (Phi) is 4.42. The predicted molar refractivity (Wildman–Crippen MR) is 99.1 cm³/mol. The van der Waals surface area contributed by atoms with Crippen molar-refractivity contribution in [3.63, 3.8) is 0 Å². The number of rotatable bonds is 3. The second kappa shape index (κ2) is 6.93. The first-order valence-corrected chi connectivity index (χ1v) is 8.45. The third kappa shape index (κ3) is 3.49. The molecule has 146 valence electrons. The van der Waals surface area contributed by atoms with Gasteiger partial charge in [-0.15, -0.1) is 0 Å². The third-order valence-corrected chi connectivity index (χ3v) is 4.21. The number of alkyl halides is 3. The Labute approximate surface area is 162 Å². The van der Waals surface area contributed by atoms with Gasteiger partial charge in [0.15, 0.2) is 5.69 Å². The molecule has 0 amide bonds. The van der Waals surface area contributed by atoms with Gasteiger partial charge in [0.2, 0.25) is 11.3 Å². The van der Waals surface area contributed by atoms with Crippen molar-refractivity contribution >= 4 is 0 Å². The number of halogens is 3. The number of aromatic nitrogens is 4. The molecule has 0 saturated carbocycles. The molecule has 0 atom stereocenters. The van der Waals surface area contributed by atoms with Crippen LogP contribution < -0.4 is 5.43 Å². The molecular formula is C20H13F3N4O2. The monoisotopic (exact) mass is 398 g/mol.